The Hall–Kier alpha value is -3.04. The first-order valence-corrected chi connectivity index (χ1v) is 12.9. The van der Waals surface area contributed by atoms with Crippen LogP contribution in [-0.2, 0) is 16.1 Å². The number of hydrogen-bond donors (Lipinski definition) is 1. The highest BCUT2D eigenvalue weighted by molar-refractivity contribution is 8.00. The van der Waals surface area contributed by atoms with E-state index in [4.69, 9.17) is 9.47 Å². The van der Waals surface area contributed by atoms with Crippen molar-refractivity contribution in [2.45, 2.75) is 43.6 Å². The van der Waals surface area contributed by atoms with Gasteiger partial charge in [-0.3, -0.25) is 4.79 Å². The highest BCUT2D eigenvalue weighted by Gasteiger charge is 2.21. The number of nitrogens with one attached hydrogen (secondary N) is 1. The predicted octanol–water partition coefficient (Wildman–Crippen LogP) is 4.71. The first kappa shape index (κ1) is 25.1. The smallest absolute Gasteiger partial charge is 0.237 e. The Morgan fingerprint density at radius 3 is 2.49 bits per heavy atom. The lowest BCUT2D eigenvalue weighted by Crippen LogP contribution is -2.36. The van der Waals surface area contributed by atoms with Crippen LogP contribution in [0.2, 0.25) is 0 Å². The molecule has 8 nitrogen and oxygen atoms in total. The van der Waals surface area contributed by atoms with Gasteiger partial charge in [-0.15, -0.1) is 10.2 Å². The number of thioether (sulfide) groups is 1. The molecule has 1 atom stereocenters. The molecule has 186 valence electrons. The van der Waals surface area contributed by atoms with Gasteiger partial charge in [-0.05, 0) is 61.9 Å². The Labute approximate surface area is 211 Å². The molecule has 2 heterocycles. The van der Waals surface area contributed by atoms with Crippen molar-refractivity contribution in [1.82, 2.24) is 14.8 Å². The Balaban J connectivity index is 1.42. The molecule has 1 amide bonds. The maximum Gasteiger partial charge on any atom is 0.237 e. The highest BCUT2D eigenvalue weighted by Crippen LogP contribution is 2.29. The van der Waals surface area contributed by atoms with Gasteiger partial charge in [0.15, 0.2) is 11.0 Å². The molecule has 0 aliphatic carbocycles. The van der Waals surface area contributed by atoms with Crippen molar-refractivity contribution in [3.05, 3.63) is 48.5 Å². The minimum absolute atomic E-state index is 0.0647. The number of carbonyl (C=O) groups excluding carboxylic acids is 1. The molecule has 3 aromatic rings. The number of nitrogens with zero attached hydrogens (tertiary/aromatic N) is 4. The number of morpholine rings is 1. The maximum absolute atomic E-state index is 12.9. The third kappa shape index (κ3) is 6.35. The molecular weight excluding hydrogens is 462 g/mol. The molecule has 4 rings (SSSR count). The van der Waals surface area contributed by atoms with Crippen molar-refractivity contribution in [3.8, 4) is 17.1 Å². The van der Waals surface area contributed by atoms with Crippen molar-refractivity contribution >= 4 is 29.0 Å². The van der Waals surface area contributed by atoms with Crippen LogP contribution in [0.3, 0.4) is 0 Å². The summed E-state index contributed by atoms with van der Waals surface area (Å²) in [5.74, 6) is 1.53. The summed E-state index contributed by atoms with van der Waals surface area (Å²) in [5.41, 5.74) is 2.90. The third-order valence-electron chi connectivity index (χ3n) is 5.96. The fourth-order valence-corrected chi connectivity index (χ4v) is 4.76. The Bertz CT molecular complexity index is 1100. The fourth-order valence-electron chi connectivity index (χ4n) is 3.88. The molecule has 35 heavy (non-hydrogen) atoms. The van der Waals surface area contributed by atoms with Crippen LogP contribution < -0.4 is 15.0 Å². The fraction of sp³-hybridized carbons (Fsp3) is 0.423. The second-order valence-electron chi connectivity index (χ2n) is 8.44. The Morgan fingerprint density at radius 2 is 1.83 bits per heavy atom. The monoisotopic (exact) mass is 495 g/mol. The van der Waals surface area contributed by atoms with Crippen LogP contribution in [0.25, 0.3) is 11.4 Å². The van der Waals surface area contributed by atoms with Crippen LogP contribution in [-0.4, -0.2) is 59.3 Å². The van der Waals surface area contributed by atoms with Crippen LogP contribution in [0, 0.1) is 0 Å². The number of carbonyl (C=O) groups is 1. The van der Waals surface area contributed by atoms with Gasteiger partial charge in [0.1, 0.15) is 5.75 Å². The highest BCUT2D eigenvalue weighted by atomic mass is 32.2. The van der Waals surface area contributed by atoms with E-state index in [0.29, 0.717) is 0 Å². The zero-order chi connectivity index (χ0) is 24.6. The van der Waals surface area contributed by atoms with Crippen molar-refractivity contribution in [2.24, 2.45) is 0 Å². The normalized spacial score (nSPS) is 14.5. The summed E-state index contributed by atoms with van der Waals surface area (Å²) in [6.45, 7) is 8.11. The molecule has 1 saturated heterocycles. The van der Waals surface area contributed by atoms with Gasteiger partial charge in [-0.2, -0.15) is 0 Å². The summed E-state index contributed by atoms with van der Waals surface area (Å²) in [6.07, 6.45) is 2.06. The summed E-state index contributed by atoms with van der Waals surface area (Å²) < 4.78 is 12.8. The summed E-state index contributed by atoms with van der Waals surface area (Å²) >= 11 is 1.43. The van der Waals surface area contributed by atoms with E-state index in [0.717, 1.165) is 79.4 Å². The lowest BCUT2D eigenvalue weighted by Gasteiger charge is -2.28. The van der Waals surface area contributed by atoms with Crippen LogP contribution >= 0.6 is 11.8 Å². The van der Waals surface area contributed by atoms with Crippen molar-refractivity contribution in [2.75, 3.05) is 43.6 Å². The molecule has 1 aliphatic heterocycles. The molecule has 1 unspecified atom stereocenters. The number of methoxy groups -OCH3 is 1. The molecule has 1 N–H and O–H groups in total. The summed E-state index contributed by atoms with van der Waals surface area (Å²) in [7, 11) is 1.65. The number of amides is 1. The standard InChI is InChI=1S/C26H33N5O3S/c1-4-5-14-31-24(20-6-12-23(33-3)13-7-20)28-29-26(31)35-19(2)25(32)27-21-8-10-22(11-9-21)30-15-17-34-18-16-30/h6-13,19H,4-5,14-18H2,1-3H3,(H,27,32). The van der Waals surface area contributed by atoms with E-state index in [1.807, 2.05) is 55.5 Å². The third-order valence-corrected chi connectivity index (χ3v) is 7.04. The molecule has 9 heteroatoms. The topological polar surface area (TPSA) is 81.5 Å². The zero-order valence-corrected chi connectivity index (χ0v) is 21.4. The van der Waals surface area contributed by atoms with Gasteiger partial charge in [-0.1, -0.05) is 25.1 Å². The van der Waals surface area contributed by atoms with Crippen molar-refractivity contribution in [3.63, 3.8) is 0 Å². The molecule has 0 radical (unpaired) electrons. The minimum Gasteiger partial charge on any atom is -0.497 e. The molecule has 0 bridgehead atoms. The number of ether oxygens (including phenoxy) is 2. The molecular formula is C26H33N5O3S. The van der Waals surface area contributed by atoms with E-state index in [9.17, 15) is 4.79 Å². The Kier molecular flexibility index (Phi) is 8.65. The first-order chi connectivity index (χ1) is 17.1. The van der Waals surface area contributed by atoms with E-state index in [2.05, 4.69) is 31.9 Å². The number of aromatic nitrogens is 3. The van der Waals surface area contributed by atoms with Crippen molar-refractivity contribution in [1.29, 1.82) is 0 Å². The van der Waals surface area contributed by atoms with Gasteiger partial charge in [0.05, 0.1) is 25.6 Å². The lowest BCUT2D eigenvalue weighted by atomic mass is 10.2. The summed E-state index contributed by atoms with van der Waals surface area (Å²) in [4.78, 5) is 15.2. The van der Waals surface area contributed by atoms with Gasteiger partial charge in [0, 0.05) is 36.6 Å². The van der Waals surface area contributed by atoms with Gasteiger partial charge in [0.2, 0.25) is 5.91 Å². The molecule has 2 aromatic carbocycles. The van der Waals surface area contributed by atoms with E-state index >= 15 is 0 Å². The van der Waals surface area contributed by atoms with Crippen LogP contribution in [0.15, 0.2) is 53.7 Å². The summed E-state index contributed by atoms with van der Waals surface area (Å²) in [5, 5.41) is 12.3. The van der Waals surface area contributed by atoms with Crippen molar-refractivity contribution < 1.29 is 14.3 Å². The van der Waals surface area contributed by atoms with Gasteiger partial charge >= 0.3 is 0 Å². The van der Waals surface area contributed by atoms with Crippen LogP contribution in [0.5, 0.6) is 5.75 Å². The number of rotatable bonds is 10. The molecule has 1 aliphatic rings. The lowest BCUT2D eigenvalue weighted by molar-refractivity contribution is -0.115. The SMILES string of the molecule is CCCCn1c(SC(C)C(=O)Nc2ccc(N3CCOCC3)cc2)nnc1-c1ccc(OC)cc1. The van der Waals surface area contributed by atoms with Gasteiger partial charge in [-0.25, -0.2) is 0 Å². The molecule has 1 aromatic heterocycles. The number of anilines is 2. The van der Waals surface area contributed by atoms with Gasteiger partial charge in [0.25, 0.3) is 0 Å². The van der Waals surface area contributed by atoms with E-state index < -0.39 is 0 Å². The zero-order valence-electron chi connectivity index (χ0n) is 20.6. The van der Waals surface area contributed by atoms with E-state index in [1.165, 1.54) is 11.8 Å². The average molecular weight is 496 g/mol. The predicted molar refractivity (Wildman–Crippen MR) is 140 cm³/mol. The number of hydrogen-bond acceptors (Lipinski definition) is 7. The Morgan fingerprint density at radius 1 is 1.11 bits per heavy atom. The van der Waals surface area contributed by atoms with E-state index in [1.54, 1.807) is 7.11 Å². The van der Waals surface area contributed by atoms with Crippen LogP contribution in [0.4, 0.5) is 11.4 Å². The average Bonchev–Trinajstić information content (AvgIpc) is 3.30. The molecule has 0 spiro atoms. The minimum atomic E-state index is -0.331. The number of unbranched alkanes of at least 4 members (excludes halogenated alkanes) is 1. The maximum atomic E-state index is 12.9. The molecule has 1 fully saturated rings. The quantitative estimate of drug-likeness (QED) is 0.408. The number of benzene rings is 2. The molecule has 0 saturated carbocycles. The second-order valence-corrected chi connectivity index (χ2v) is 9.74. The second kappa shape index (κ2) is 12.1. The largest absolute Gasteiger partial charge is 0.497 e. The summed E-state index contributed by atoms with van der Waals surface area (Å²) in [6, 6.07) is 15.8. The van der Waals surface area contributed by atoms with E-state index in [-0.39, 0.29) is 11.2 Å². The first-order valence-electron chi connectivity index (χ1n) is 12.1. The van der Waals surface area contributed by atoms with Gasteiger partial charge < -0.3 is 24.3 Å². The van der Waals surface area contributed by atoms with Crippen LogP contribution in [0.1, 0.15) is 26.7 Å².